The van der Waals surface area contributed by atoms with Gasteiger partial charge in [-0.25, -0.2) is 0 Å². The molecule has 0 N–H and O–H groups in total. The van der Waals surface area contributed by atoms with Crippen molar-refractivity contribution in [1.29, 1.82) is 0 Å². The van der Waals surface area contributed by atoms with E-state index in [4.69, 9.17) is 11.6 Å². The molecule has 0 aromatic heterocycles. The molecule has 0 bridgehead atoms. The molecule has 1 rings (SSSR count). The lowest BCUT2D eigenvalue weighted by Gasteiger charge is -2.03. The summed E-state index contributed by atoms with van der Waals surface area (Å²) in [4.78, 5) is 0. The van der Waals surface area contributed by atoms with E-state index in [9.17, 15) is 8.78 Å². The van der Waals surface area contributed by atoms with E-state index in [0.29, 0.717) is 17.9 Å². The van der Waals surface area contributed by atoms with Gasteiger partial charge in [0.15, 0.2) is 0 Å². The minimum Gasteiger partial charge on any atom is -0.435 e. The van der Waals surface area contributed by atoms with Crippen LogP contribution in [0.25, 0.3) is 0 Å². The maximum Gasteiger partial charge on any atom is 0.387 e. The fourth-order valence-electron chi connectivity index (χ4n) is 0.962. The quantitative estimate of drug-likeness (QED) is 0.572. The highest BCUT2D eigenvalue weighted by atomic mass is 35.5. The molecule has 0 aliphatic rings. The van der Waals surface area contributed by atoms with Crippen molar-refractivity contribution in [2.45, 2.75) is 13.0 Å². The zero-order valence-corrected chi connectivity index (χ0v) is 8.60. The van der Waals surface area contributed by atoms with Crippen molar-refractivity contribution < 1.29 is 13.5 Å². The van der Waals surface area contributed by atoms with Crippen LogP contribution in [0.15, 0.2) is 24.3 Å². The van der Waals surface area contributed by atoms with Gasteiger partial charge in [-0.1, -0.05) is 17.9 Å². The molecule has 1 aromatic carbocycles. The Balaban J connectivity index is 2.71. The second-order valence-corrected chi connectivity index (χ2v) is 3.03. The van der Waals surface area contributed by atoms with Crippen LogP contribution in [0.1, 0.15) is 12.0 Å². The molecule has 0 heterocycles. The first-order chi connectivity index (χ1) is 7.22. The Labute approximate surface area is 92.0 Å². The average molecular weight is 231 g/mol. The summed E-state index contributed by atoms with van der Waals surface area (Å²) in [5.41, 5.74) is 0.637. The van der Waals surface area contributed by atoms with E-state index in [-0.39, 0.29) is 5.75 Å². The van der Waals surface area contributed by atoms with E-state index in [1.165, 1.54) is 12.1 Å². The van der Waals surface area contributed by atoms with Crippen molar-refractivity contribution >= 4 is 11.6 Å². The van der Waals surface area contributed by atoms with E-state index < -0.39 is 6.61 Å². The van der Waals surface area contributed by atoms with Crippen LogP contribution < -0.4 is 4.74 Å². The highest BCUT2D eigenvalue weighted by molar-refractivity contribution is 6.18. The molecule has 0 atom stereocenters. The van der Waals surface area contributed by atoms with Gasteiger partial charge in [0.25, 0.3) is 0 Å². The predicted molar refractivity (Wildman–Crippen MR) is 55.3 cm³/mol. The molecule has 0 saturated carbocycles. The standard InChI is InChI=1S/C11H9ClF2O/c12-7-2-1-4-9-5-3-6-10(8-9)15-11(13)14/h3,5-6,8,11H,2,7H2. The molecule has 0 unspecified atom stereocenters. The second kappa shape index (κ2) is 6.26. The van der Waals surface area contributed by atoms with Gasteiger partial charge in [-0.05, 0) is 18.2 Å². The van der Waals surface area contributed by atoms with Crippen LogP contribution in [0.4, 0.5) is 8.78 Å². The summed E-state index contributed by atoms with van der Waals surface area (Å²) in [6, 6.07) is 6.26. The molecule has 80 valence electrons. The number of halogens is 3. The topological polar surface area (TPSA) is 9.23 Å². The lowest BCUT2D eigenvalue weighted by molar-refractivity contribution is -0.0498. The van der Waals surface area contributed by atoms with Crippen LogP contribution in [0.5, 0.6) is 5.75 Å². The van der Waals surface area contributed by atoms with Gasteiger partial charge < -0.3 is 4.74 Å². The van der Waals surface area contributed by atoms with Crippen molar-refractivity contribution in [2.75, 3.05) is 5.88 Å². The highest BCUT2D eigenvalue weighted by Gasteiger charge is 2.03. The lowest BCUT2D eigenvalue weighted by Crippen LogP contribution is -2.01. The molecule has 1 aromatic rings. The minimum atomic E-state index is -2.81. The molecule has 0 fully saturated rings. The molecule has 0 saturated heterocycles. The van der Waals surface area contributed by atoms with Crippen molar-refractivity contribution in [3.05, 3.63) is 29.8 Å². The lowest BCUT2D eigenvalue weighted by atomic mass is 10.2. The number of benzene rings is 1. The highest BCUT2D eigenvalue weighted by Crippen LogP contribution is 2.15. The van der Waals surface area contributed by atoms with Crippen molar-refractivity contribution in [3.63, 3.8) is 0 Å². The van der Waals surface area contributed by atoms with Gasteiger partial charge in [-0.2, -0.15) is 8.78 Å². The van der Waals surface area contributed by atoms with Crippen molar-refractivity contribution in [1.82, 2.24) is 0 Å². The van der Waals surface area contributed by atoms with Crippen LogP contribution in [0.3, 0.4) is 0 Å². The van der Waals surface area contributed by atoms with Gasteiger partial charge in [-0.3, -0.25) is 0 Å². The molecule has 0 amide bonds. The minimum absolute atomic E-state index is 0.114. The summed E-state index contributed by atoms with van der Waals surface area (Å²) < 4.78 is 28.0. The Hall–Kier alpha value is -1.27. The first-order valence-electron chi connectivity index (χ1n) is 4.32. The maximum absolute atomic E-state index is 11.9. The van der Waals surface area contributed by atoms with Gasteiger partial charge >= 0.3 is 6.61 Å². The Morgan fingerprint density at radius 3 is 2.87 bits per heavy atom. The fourth-order valence-corrected chi connectivity index (χ4v) is 1.06. The van der Waals surface area contributed by atoms with Gasteiger partial charge in [0.2, 0.25) is 0 Å². The zero-order valence-electron chi connectivity index (χ0n) is 7.84. The molecule has 4 heteroatoms. The Morgan fingerprint density at radius 1 is 1.40 bits per heavy atom. The largest absolute Gasteiger partial charge is 0.435 e. The summed E-state index contributed by atoms with van der Waals surface area (Å²) in [7, 11) is 0. The molecule has 0 spiro atoms. The number of rotatable bonds is 3. The van der Waals surface area contributed by atoms with Gasteiger partial charge in [-0.15, -0.1) is 11.6 Å². The Kier molecular flexibility index (Phi) is 4.92. The summed E-state index contributed by atoms with van der Waals surface area (Å²) >= 11 is 5.44. The molecular weight excluding hydrogens is 222 g/mol. The van der Waals surface area contributed by atoms with Crippen LogP contribution in [0.2, 0.25) is 0 Å². The number of hydrogen-bond donors (Lipinski definition) is 0. The van der Waals surface area contributed by atoms with E-state index in [0.717, 1.165) is 0 Å². The molecule has 1 nitrogen and oxygen atoms in total. The monoisotopic (exact) mass is 230 g/mol. The fraction of sp³-hybridized carbons (Fsp3) is 0.273. The number of alkyl halides is 3. The molecule has 15 heavy (non-hydrogen) atoms. The summed E-state index contributed by atoms with van der Waals surface area (Å²) in [5, 5.41) is 0. The van der Waals surface area contributed by atoms with Crippen LogP contribution in [-0.4, -0.2) is 12.5 Å². The zero-order chi connectivity index (χ0) is 11.1. The predicted octanol–water partition coefficient (Wildman–Crippen LogP) is 3.27. The van der Waals surface area contributed by atoms with Crippen LogP contribution in [0, 0.1) is 11.8 Å². The van der Waals surface area contributed by atoms with Gasteiger partial charge in [0, 0.05) is 17.9 Å². The van der Waals surface area contributed by atoms with E-state index in [1.807, 2.05) is 0 Å². The van der Waals surface area contributed by atoms with Crippen LogP contribution in [-0.2, 0) is 0 Å². The molecular formula is C11H9ClF2O. The molecule has 0 aliphatic heterocycles. The summed E-state index contributed by atoms with van der Waals surface area (Å²) in [5.74, 6) is 6.18. The normalized spacial score (nSPS) is 9.60. The number of hydrogen-bond acceptors (Lipinski definition) is 1. The Morgan fingerprint density at radius 2 is 2.20 bits per heavy atom. The Bertz CT molecular complexity index is 368. The first-order valence-corrected chi connectivity index (χ1v) is 4.85. The number of ether oxygens (including phenoxy) is 1. The van der Waals surface area contributed by atoms with Crippen molar-refractivity contribution in [2.24, 2.45) is 0 Å². The SMILES string of the molecule is FC(F)Oc1cccc(C#CCCCl)c1. The average Bonchev–Trinajstić information content (AvgIpc) is 2.18. The van der Waals surface area contributed by atoms with Crippen LogP contribution >= 0.6 is 11.6 Å². The third-order valence-corrected chi connectivity index (χ3v) is 1.70. The first kappa shape index (κ1) is 11.8. The summed E-state index contributed by atoms with van der Waals surface area (Å²) in [6.45, 7) is -2.81. The molecule has 0 radical (unpaired) electrons. The van der Waals surface area contributed by atoms with E-state index >= 15 is 0 Å². The van der Waals surface area contributed by atoms with E-state index in [2.05, 4.69) is 16.6 Å². The van der Waals surface area contributed by atoms with E-state index in [1.54, 1.807) is 12.1 Å². The smallest absolute Gasteiger partial charge is 0.387 e. The van der Waals surface area contributed by atoms with Gasteiger partial charge in [0.1, 0.15) is 5.75 Å². The maximum atomic E-state index is 11.9. The van der Waals surface area contributed by atoms with Crippen molar-refractivity contribution in [3.8, 4) is 17.6 Å². The van der Waals surface area contributed by atoms with Gasteiger partial charge in [0.05, 0.1) is 0 Å². The third-order valence-electron chi connectivity index (χ3n) is 1.51. The summed E-state index contributed by atoms with van der Waals surface area (Å²) in [6.07, 6.45) is 0.571. The second-order valence-electron chi connectivity index (χ2n) is 2.65. The third kappa shape index (κ3) is 4.66. The molecule has 0 aliphatic carbocycles.